The second-order valence-electron chi connectivity index (χ2n) is 14.2. The van der Waals surface area contributed by atoms with E-state index in [-0.39, 0.29) is 0 Å². The molecule has 5 aliphatic heterocycles. The summed E-state index contributed by atoms with van der Waals surface area (Å²) in [5, 5.41) is 0. The van der Waals surface area contributed by atoms with Crippen LogP contribution in [0.3, 0.4) is 0 Å². The lowest BCUT2D eigenvalue weighted by molar-refractivity contribution is 0.719. The molecule has 4 nitrogen and oxygen atoms in total. The Kier molecular flexibility index (Phi) is 13.0. The zero-order chi connectivity index (χ0) is 35.9. The van der Waals surface area contributed by atoms with Crippen molar-refractivity contribution in [3.8, 4) is 0 Å². The van der Waals surface area contributed by atoms with Gasteiger partial charge in [0.15, 0.2) is 0 Å². The molecule has 5 aliphatic rings. The van der Waals surface area contributed by atoms with Gasteiger partial charge in [-0.05, 0) is 134 Å². The van der Waals surface area contributed by atoms with Gasteiger partial charge in [-0.25, -0.2) is 20.0 Å². The summed E-state index contributed by atoms with van der Waals surface area (Å²) in [6, 6.07) is 0. The van der Waals surface area contributed by atoms with Crippen LogP contribution in [0.1, 0.15) is 172 Å². The van der Waals surface area contributed by atoms with Crippen LogP contribution < -0.4 is 0 Å². The Balaban J connectivity index is 1.94. The van der Waals surface area contributed by atoms with E-state index in [4.69, 9.17) is 20.0 Å². The minimum absolute atomic E-state index is 0.961. The average Bonchev–Trinajstić information content (AvgIpc) is 3.87. The Morgan fingerprint density at radius 2 is 0.680 bits per heavy atom. The van der Waals surface area contributed by atoms with Gasteiger partial charge in [0.1, 0.15) is 0 Å². The van der Waals surface area contributed by atoms with Gasteiger partial charge in [-0.15, -0.1) is 0 Å². The SMILES string of the molecule is CCCCCC1=C2N=C(C=C3N=C(C(CC)=C3CC)C(CCCCC)=C3N=C(C=C4N=C1C(CC)=C4CC)C(CC)=C3CC)C(CC)=C2CC. The summed E-state index contributed by atoms with van der Waals surface area (Å²) in [5.74, 6) is 0. The van der Waals surface area contributed by atoms with E-state index in [2.05, 4.69) is 81.4 Å². The van der Waals surface area contributed by atoms with Gasteiger partial charge < -0.3 is 0 Å². The fourth-order valence-corrected chi connectivity index (χ4v) is 8.85. The van der Waals surface area contributed by atoms with E-state index in [1.807, 2.05) is 0 Å². The maximum absolute atomic E-state index is 5.61. The van der Waals surface area contributed by atoms with Gasteiger partial charge in [0, 0.05) is 11.1 Å². The summed E-state index contributed by atoms with van der Waals surface area (Å²) in [6.45, 7) is 23.0. The molecular weight excluding hydrogens is 609 g/mol. The Hall–Kier alpha value is -3.40. The third-order valence-electron chi connectivity index (χ3n) is 11.3. The monoisotopic (exact) mass is 673 g/mol. The molecule has 0 atom stereocenters. The van der Waals surface area contributed by atoms with E-state index in [1.54, 1.807) is 0 Å². The molecule has 268 valence electrons. The molecule has 0 unspecified atom stereocenters. The first-order chi connectivity index (χ1) is 24.4. The summed E-state index contributed by atoms with van der Waals surface area (Å²) >= 11 is 0. The molecule has 0 aromatic heterocycles. The molecule has 5 rings (SSSR count). The minimum atomic E-state index is 0.961. The second kappa shape index (κ2) is 17.2. The number of fused-ring (bicyclic) bond motifs is 4. The molecule has 0 fully saturated rings. The Morgan fingerprint density at radius 1 is 0.340 bits per heavy atom. The molecule has 0 aromatic carbocycles. The van der Waals surface area contributed by atoms with Crippen molar-refractivity contribution >= 4 is 22.8 Å². The van der Waals surface area contributed by atoms with E-state index < -0.39 is 0 Å². The van der Waals surface area contributed by atoms with E-state index >= 15 is 0 Å². The Labute approximate surface area is 304 Å². The molecule has 0 N–H and O–H groups in total. The molecule has 0 amide bonds. The van der Waals surface area contributed by atoms with Crippen molar-refractivity contribution in [3.63, 3.8) is 0 Å². The largest absolute Gasteiger partial charge is 0.248 e. The van der Waals surface area contributed by atoms with Crippen molar-refractivity contribution in [1.82, 2.24) is 0 Å². The van der Waals surface area contributed by atoms with Gasteiger partial charge in [-0.3, -0.25) is 0 Å². The molecule has 0 aliphatic carbocycles. The highest BCUT2D eigenvalue weighted by atomic mass is 14.9. The zero-order valence-electron chi connectivity index (χ0n) is 33.3. The van der Waals surface area contributed by atoms with Gasteiger partial charge in [-0.2, -0.15) is 0 Å². The number of hydrogen-bond acceptors (Lipinski definition) is 4. The van der Waals surface area contributed by atoms with Crippen molar-refractivity contribution in [2.75, 3.05) is 0 Å². The van der Waals surface area contributed by atoms with Crippen LogP contribution in [0.15, 0.2) is 111 Å². The van der Waals surface area contributed by atoms with Crippen LogP contribution in [0.5, 0.6) is 0 Å². The standard InChI is InChI=1S/C46H64N4/c1-11-21-23-25-37-43-33(17-7)29(13-3)39(47-43)27-41-31(15-5)35(19-9)45(49-41)38(26-24-22-12-2)46-36(20-10)32(16-6)42(50-46)28-40-30(14-4)34(18-8)44(37)48-40/h27-28H,11-26H2,1-10H3. The average molecular weight is 673 g/mol. The highest BCUT2D eigenvalue weighted by Crippen LogP contribution is 2.44. The quantitative estimate of drug-likeness (QED) is 0.147. The van der Waals surface area contributed by atoms with Gasteiger partial charge in [0.25, 0.3) is 0 Å². The summed E-state index contributed by atoms with van der Waals surface area (Å²) in [4.78, 5) is 22.5. The molecule has 5 heterocycles. The summed E-state index contributed by atoms with van der Waals surface area (Å²) < 4.78 is 0. The fourth-order valence-electron chi connectivity index (χ4n) is 8.85. The number of aliphatic imine (C=N–C) groups is 4. The summed E-state index contributed by atoms with van der Waals surface area (Å²) in [5.41, 5.74) is 23.0. The van der Waals surface area contributed by atoms with Gasteiger partial charge in [0.2, 0.25) is 0 Å². The van der Waals surface area contributed by atoms with Gasteiger partial charge in [0.05, 0.1) is 45.6 Å². The highest BCUT2D eigenvalue weighted by molar-refractivity contribution is 6.22. The van der Waals surface area contributed by atoms with E-state index in [1.165, 1.54) is 104 Å². The predicted molar refractivity (Wildman–Crippen MR) is 219 cm³/mol. The van der Waals surface area contributed by atoms with Crippen LogP contribution in [0.4, 0.5) is 0 Å². The topological polar surface area (TPSA) is 49.4 Å². The smallest absolute Gasteiger partial charge is 0.0726 e. The molecule has 0 radical (unpaired) electrons. The first-order valence-electron chi connectivity index (χ1n) is 20.6. The summed E-state index contributed by atoms with van der Waals surface area (Å²) in [6.07, 6.45) is 21.5. The normalized spacial score (nSPS) is 19.3. The zero-order valence-corrected chi connectivity index (χ0v) is 33.3. The van der Waals surface area contributed by atoms with Gasteiger partial charge >= 0.3 is 0 Å². The number of rotatable bonds is 16. The second-order valence-corrected chi connectivity index (χ2v) is 14.2. The maximum atomic E-state index is 5.61. The van der Waals surface area contributed by atoms with Crippen LogP contribution >= 0.6 is 0 Å². The Bertz CT molecular complexity index is 1630. The highest BCUT2D eigenvalue weighted by Gasteiger charge is 2.34. The van der Waals surface area contributed by atoms with Crippen molar-refractivity contribution in [2.45, 2.75) is 172 Å². The molecular formula is C46H64N4. The number of nitrogens with zero attached hydrogens (tertiary/aromatic N) is 4. The fraction of sp³-hybridized carbons (Fsp3) is 0.565. The molecule has 0 saturated carbocycles. The number of unbranched alkanes of at least 4 members (excludes halogenated alkanes) is 4. The third kappa shape index (κ3) is 6.93. The first-order valence-corrected chi connectivity index (χ1v) is 20.6. The summed E-state index contributed by atoms with van der Waals surface area (Å²) in [7, 11) is 0. The lowest BCUT2D eigenvalue weighted by Gasteiger charge is -2.15. The van der Waals surface area contributed by atoms with E-state index in [9.17, 15) is 0 Å². The predicted octanol–water partition coefficient (Wildman–Crippen LogP) is 13.7. The molecule has 0 saturated heterocycles. The minimum Gasteiger partial charge on any atom is -0.248 e. The molecule has 8 bridgehead atoms. The molecule has 4 heteroatoms. The van der Waals surface area contributed by atoms with Crippen molar-refractivity contribution in [2.24, 2.45) is 20.0 Å². The lowest BCUT2D eigenvalue weighted by Crippen LogP contribution is -2.08. The molecule has 0 aromatic rings. The first kappa shape index (κ1) is 37.8. The molecule has 50 heavy (non-hydrogen) atoms. The van der Waals surface area contributed by atoms with Crippen LogP contribution in [0.2, 0.25) is 0 Å². The van der Waals surface area contributed by atoms with Gasteiger partial charge in [-0.1, -0.05) is 94.9 Å². The van der Waals surface area contributed by atoms with Crippen LogP contribution in [0, 0.1) is 0 Å². The van der Waals surface area contributed by atoms with E-state index in [0.717, 1.165) is 99.9 Å². The third-order valence-corrected chi connectivity index (χ3v) is 11.3. The maximum Gasteiger partial charge on any atom is 0.0726 e. The number of allylic oxidation sites excluding steroid dienone is 12. The van der Waals surface area contributed by atoms with Crippen LogP contribution in [0.25, 0.3) is 0 Å². The Morgan fingerprint density at radius 3 is 0.980 bits per heavy atom. The van der Waals surface area contributed by atoms with Crippen molar-refractivity contribution in [3.05, 3.63) is 90.7 Å². The van der Waals surface area contributed by atoms with Crippen LogP contribution in [-0.2, 0) is 0 Å². The van der Waals surface area contributed by atoms with E-state index in [0.29, 0.717) is 0 Å². The molecule has 0 spiro atoms. The van der Waals surface area contributed by atoms with Crippen molar-refractivity contribution < 1.29 is 0 Å². The van der Waals surface area contributed by atoms with Crippen molar-refractivity contribution in [1.29, 1.82) is 0 Å². The number of hydrogen-bond donors (Lipinski definition) is 0. The van der Waals surface area contributed by atoms with Crippen LogP contribution in [-0.4, -0.2) is 22.8 Å². The lowest BCUT2D eigenvalue weighted by atomic mass is 9.88.